The molecule has 0 aromatic heterocycles. The second-order valence-corrected chi connectivity index (χ2v) is 6.74. The Balaban J connectivity index is 1.90. The Morgan fingerprint density at radius 1 is 1.30 bits per heavy atom. The van der Waals surface area contributed by atoms with E-state index in [4.69, 9.17) is 0 Å². The molecule has 1 atom stereocenters. The molecule has 20 heavy (non-hydrogen) atoms. The molecule has 2 nitrogen and oxygen atoms in total. The van der Waals surface area contributed by atoms with E-state index in [0.29, 0.717) is 6.04 Å². The summed E-state index contributed by atoms with van der Waals surface area (Å²) >= 11 is 0. The molecule has 1 saturated heterocycles. The van der Waals surface area contributed by atoms with Gasteiger partial charge in [0, 0.05) is 19.1 Å². The molecule has 0 bridgehead atoms. The summed E-state index contributed by atoms with van der Waals surface area (Å²) in [5.41, 5.74) is 4.31. The van der Waals surface area contributed by atoms with Gasteiger partial charge in [0.15, 0.2) is 0 Å². The van der Waals surface area contributed by atoms with E-state index in [-0.39, 0.29) is 0 Å². The zero-order valence-corrected chi connectivity index (χ0v) is 13.6. The van der Waals surface area contributed by atoms with Gasteiger partial charge in [0.1, 0.15) is 0 Å². The highest BCUT2D eigenvalue weighted by atomic mass is 15.1. The van der Waals surface area contributed by atoms with Crippen LogP contribution in [0.2, 0.25) is 0 Å². The number of hydrogen-bond donors (Lipinski definition) is 1. The second-order valence-electron chi connectivity index (χ2n) is 6.74. The van der Waals surface area contributed by atoms with Crippen LogP contribution >= 0.6 is 0 Å². The van der Waals surface area contributed by atoms with Crippen molar-refractivity contribution in [1.82, 2.24) is 10.2 Å². The third kappa shape index (κ3) is 4.60. The molecule has 1 aromatic rings. The summed E-state index contributed by atoms with van der Waals surface area (Å²) < 4.78 is 0. The van der Waals surface area contributed by atoms with Gasteiger partial charge in [-0.3, -0.25) is 4.90 Å². The van der Waals surface area contributed by atoms with Crippen LogP contribution in [-0.2, 0) is 6.54 Å². The standard InChI is InChI=1S/C18H30N2/c1-14(2)19-11-17-6-5-9-20(12-17)13-18-10-15(3)7-8-16(18)4/h7-8,10,14,17,19H,5-6,9,11-13H2,1-4H3. The summed E-state index contributed by atoms with van der Waals surface area (Å²) in [6.07, 6.45) is 2.72. The Kier molecular flexibility index (Phi) is 5.62. The predicted octanol–water partition coefficient (Wildman–Crippen LogP) is 3.51. The maximum atomic E-state index is 3.59. The summed E-state index contributed by atoms with van der Waals surface area (Å²) in [7, 11) is 0. The Hall–Kier alpha value is -0.860. The lowest BCUT2D eigenvalue weighted by Crippen LogP contribution is -2.40. The van der Waals surface area contributed by atoms with E-state index in [1.165, 1.54) is 49.2 Å². The first-order valence-electron chi connectivity index (χ1n) is 8.06. The SMILES string of the molecule is Cc1ccc(C)c(CN2CCCC(CNC(C)C)C2)c1. The van der Waals surface area contributed by atoms with E-state index in [0.717, 1.165) is 12.5 Å². The molecule has 1 aromatic carbocycles. The molecule has 0 amide bonds. The minimum Gasteiger partial charge on any atom is -0.314 e. The normalized spacial score (nSPS) is 20.6. The average molecular weight is 274 g/mol. The molecule has 0 spiro atoms. The average Bonchev–Trinajstić information content (AvgIpc) is 2.41. The van der Waals surface area contributed by atoms with Gasteiger partial charge in [0.2, 0.25) is 0 Å². The van der Waals surface area contributed by atoms with Gasteiger partial charge in [0.25, 0.3) is 0 Å². The van der Waals surface area contributed by atoms with Gasteiger partial charge >= 0.3 is 0 Å². The molecule has 112 valence electrons. The molecule has 1 heterocycles. The van der Waals surface area contributed by atoms with Gasteiger partial charge in [-0.2, -0.15) is 0 Å². The number of hydrogen-bond acceptors (Lipinski definition) is 2. The van der Waals surface area contributed by atoms with Gasteiger partial charge in [0.05, 0.1) is 0 Å². The highest BCUT2D eigenvalue weighted by Crippen LogP contribution is 2.20. The first-order chi connectivity index (χ1) is 9.54. The van der Waals surface area contributed by atoms with Crippen LogP contribution in [0.25, 0.3) is 0 Å². The molecule has 1 fully saturated rings. The highest BCUT2D eigenvalue weighted by molar-refractivity contribution is 5.30. The summed E-state index contributed by atoms with van der Waals surface area (Å²) in [5, 5.41) is 3.59. The minimum absolute atomic E-state index is 0.601. The first-order valence-corrected chi connectivity index (χ1v) is 8.06. The smallest absolute Gasteiger partial charge is 0.0236 e. The molecule has 1 N–H and O–H groups in total. The Morgan fingerprint density at radius 3 is 2.85 bits per heavy atom. The maximum Gasteiger partial charge on any atom is 0.0236 e. The Labute approximate surface area is 124 Å². The molecule has 2 rings (SSSR count). The lowest BCUT2D eigenvalue weighted by Gasteiger charge is -2.33. The summed E-state index contributed by atoms with van der Waals surface area (Å²) in [4.78, 5) is 2.64. The van der Waals surface area contributed by atoms with Gasteiger partial charge in [-0.15, -0.1) is 0 Å². The van der Waals surface area contributed by atoms with E-state index in [2.05, 4.69) is 56.1 Å². The summed E-state index contributed by atoms with van der Waals surface area (Å²) in [6.45, 7) is 13.7. The van der Waals surface area contributed by atoms with Crippen LogP contribution in [0.15, 0.2) is 18.2 Å². The second kappa shape index (κ2) is 7.24. The highest BCUT2D eigenvalue weighted by Gasteiger charge is 2.20. The van der Waals surface area contributed by atoms with Gasteiger partial charge < -0.3 is 5.32 Å². The van der Waals surface area contributed by atoms with Crippen molar-refractivity contribution in [1.29, 1.82) is 0 Å². The van der Waals surface area contributed by atoms with Crippen molar-refractivity contribution in [2.45, 2.75) is 53.1 Å². The quantitative estimate of drug-likeness (QED) is 0.884. The van der Waals surface area contributed by atoms with Crippen LogP contribution < -0.4 is 5.32 Å². The predicted molar refractivity (Wildman–Crippen MR) is 87.1 cm³/mol. The monoisotopic (exact) mass is 274 g/mol. The maximum absolute atomic E-state index is 3.59. The summed E-state index contributed by atoms with van der Waals surface area (Å²) in [6, 6.07) is 7.42. The lowest BCUT2D eigenvalue weighted by atomic mass is 9.96. The van der Waals surface area contributed by atoms with E-state index in [1.807, 2.05) is 0 Å². The first kappa shape index (κ1) is 15.5. The fourth-order valence-electron chi connectivity index (χ4n) is 3.08. The van der Waals surface area contributed by atoms with E-state index < -0.39 is 0 Å². The largest absolute Gasteiger partial charge is 0.314 e. The van der Waals surface area contributed by atoms with Crippen molar-refractivity contribution >= 4 is 0 Å². The van der Waals surface area contributed by atoms with Crippen molar-refractivity contribution in [3.8, 4) is 0 Å². The zero-order chi connectivity index (χ0) is 14.5. The van der Waals surface area contributed by atoms with Crippen molar-refractivity contribution in [3.63, 3.8) is 0 Å². The minimum atomic E-state index is 0.601. The molecule has 1 unspecified atom stereocenters. The molecule has 1 aliphatic heterocycles. The van der Waals surface area contributed by atoms with Crippen molar-refractivity contribution in [2.24, 2.45) is 5.92 Å². The third-order valence-corrected chi connectivity index (χ3v) is 4.32. The number of likely N-dealkylation sites (tertiary alicyclic amines) is 1. The van der Waals surface area contributed by atoms with Crippen LogP contribution in [0.4, 0.5) is 0 Å². The van der Waals surface area contributed by atoms with Gasteiger partial charge in [-0.1, -0.05) is 37.6 Å². The number of piperidine rings is 1. The molecular weight excluding hydrogens is 244 g/mol. The zero-order valence-electron chi connectivity index (χ0n) is 13.6. The molecule has 0 radical (unpaired) electrons. The molecular formula is C18H30N2. The molecule has 2 heteroatoms. The topological polar surface area (TPSA) is 15.3 Å². The van der Waals surface area contributed by atoms with Crippen molar-refractivity contribution in [3.05, 3.63) is 34.9 Å². The number of nitrogens with zero attached hydrogens (tertiary/aromatic N) is 1. The Morgan fingerprint density at radius 2 is 2.10 bits per heavy atom. The van der Waals surface area contributed by atoms with Crippen molar-refractivity contribution in [2.75, 3.05) is 19.6 Å². The van der Waals surface area contributed by atoms with Crippen molar-refractivity contribution < 1.29 is 0 Å². The van der Waals surface area contributed by atoms with Crippen LogP contribution in [0.5, 0.6) is 0 Å². The summed E-state index contributed by atoms with van der Waals surface area (Å²) in [5.74, 6) is 0.816. The fraction of sp³-hybridized carbons (Fsp3) is 0.667. The van der Waals surface area contributed by atoms with Crippen LogP contribution in [0.1, 0.15) is 43.4 Å². The third-order valence-electron chi connectivity index (χ3n) is 4.32. The number of benzene rings is 1. The van der Waals surface area contributed by atoms with Gasteiger partial charge in [-0.25, -0.2) is 0 Å². The Bertz CT molecular complexity index is 425. The van der Waals surface area contributed by atoms with E-state index in [1.54, 1.807) is 0 Å². The fourth-order valence-corrected chi connectivity index (χ4v) is 3.08. The molecule has 1 aliphatic rings. The molecule has 0 saturated carbocycles. The van der Waals surface area contributed by atoms with Crippen LogP contribution in [0, 0.1) is 19.8 Å². The molecule has 0 aliphatic carbocycles. The van der Waals surface area contributed by atoms with E-state index >= 15 is 0 Å². The lowest BCUT2D eigenvalue weighted by molar-refractivity contribution is 0.163. The van der Waals surface area contributed by atoms with Gasteiger partial charge in [-0.05, 0) is 56.8 Å². The van der Waals surface area contributed by atoms with E-state index in [9.17, 15) is 0 Å². The van der Waals surface area contributed by atoms with Crippen LogP contribution in [-0.4, -0.2) is 30.6 Å². The number of aryl methyl sites for hydroxylation is 2. The number of rotatable bonds is 5. The number of nitrogens with one attached hydrogen (secondary N) is 1. The van der Waals surface area contributed by atoms with Crippen LogP contribution in [0.3, 0.4) is 0 Å².